The van der Waals surface area contributed by atoms with E-state index in [9.17, 15) is 0 Å². The molecule has 2 heterocycles. The standard InChI is InChI=1S/C11H13BrN4OS/c1-6-5-7(18-10(6)12)8(16-13)9-11(17-2)15-4-3-14-9/h3-5,8,16H,13H2,1-2H3. The number of halogens is 1. The van der Waals surface area contributed by atoms with Gasteiger partial charge >= 0.3 is 0 Å². The van der Waals surface area contributed by atoms with E-state index in [0.29, 0.717) is 11.6 Å². The quantitative estimate of drug-likeness (QED) is 0.664. The number of rotatable bonds is 4. The molecule has 2 aromatic rings. The van der Waals surface area contributed by atoms with Gasteiger partial charge in [-0.3, -0.25) is 10.8 Å². The van der Waals surface area contributed by atoms with Crippen molar-refractivity contribution in [3.05, 3.63) is 38.4 Å². The van der Waals surface area contributed by atoms with Crippen LogP contribution in [-0.2, 0) is 0 Å². The second kappa shape index (κ2) is 5.75. The van der Waals surface area contributed by atoms with E-state index in [4.69, 9.17) is 10.6 Å². The van der Waals surface area contributed by atoms with Crippen molar-refractivity contribution in [3.8, 4) is 5.88 Å². The lowest BCUT2D eigenvalue weighted by Crippen LogP contribution is -2.29. The predicted octanol–water partition coefficient (Wildman–Crippen LogP) is 2.17. The molecular formula is C11H13BrN4OS. The van der Waals surface area contributed by atoms with E-state index in [2.05, 4.69) is 37.4 Å². The lowest BCUT2D eigenvalue weighted by molar-refractivity contribution is 0.383. The highest BCUT2D eigenvalue weighted by Crippen LogP contribution is 2.35. The third-order valence-corrected chi connectivity index (χ3v) is 4.69. The van der Waals surface area contributed by atoms with Crippen LogP contribution >= 0.6 is 27.3 Å². The Morgan fingerprint density at radius 3 is 2.72 bits per heavy atom. The Balaban J connectivity index is 2.45. The fraction of sp³-hybridized carbons (Fsp3) is 0.273. The molecule has 0 aliphatic heterocycles. The summed E-state index contributed by atoms with van der Waals surface area (Å²) in [5.41, 5.74) is 4.60. The third-order valence-electron chi connectivity index (χ3n) is 2.49. The molecule has 0 aliphatic carbocycles. The number of thiophene rings is 1. The predicted molar refractivity (Wildman–Crippen MR) is 74.5 cm³/mol. The van der Waals surface area contributed by atoms with E-state index >= 15 is 0 Å². The van der Waals surface area contributed by atoms with Gasteiger partial charge in [-0.25, -0.2) is 10.4 Å². The summed E-state index contributed by atoms with van der Waals surface area (Å²) in [4.78, 5) is 9.49. The summed E-state index contributed by atoms with van der Waals surface area (Å²) in [5, 5.41) is 0. The summed E-state index contributed by atoms with van der Waals surface area (Å²) in [7, 11) is 1.57. The Bertz CT molecular complexity index is 526. The molecule has 7 heteroatoms. The summed E-state index contributed by atoms with van der Waals surface area (Å²) >= 11 is 5.12. The van der Waals surface area contributed by atoms with E-state index in [1.54, 1.807) is 30.8 Å². The number of aryl methyl sites for hydroxylation is 1. The Hall–Kier alpha value is -1.02. The minimum Gasteiger partial charge on any atom is -0.480 e. The highest BCUT2D eigenvalue weighted by Gasteiger charge is 2.21. The van der Waals surface area contributed by atoms with Gasteiger partial charge < -0.3 is 4.74 Å². The maximum atomic E-state index is 5.64. The average molecular weight is 329 g/mol. The molecule has 3 N–H and O–H groups in total. The number of ether oxygens (including phenoxy) is 1. The highest BCUT2D eigenvalue weighted by molar-refractivity contribution is 9.11. The summed E-state index contributed by atoms with van der Waals surface area (Å²) in [6.45, 7) is 2.03. The fourth-order valence-electron chi connectivity index (χ4n) is 1.61. The first-order valence-electron chi connectivity index (χ1n) is 5.24. The summed E-state index contributed by atoms with van der Waals surface area (Å²) < 4.78 is 6.29. The Labute approximate surface area is 118 Å². The SMILES string of the molecule is COc1nccnc1C(NN)c1cc(C)c(Br)s1. The Morgan fingerprint density at radius 1 is 1.44 bits per heavy atom. The number of hydrazine groups is 1. The molecule has 18 heavy (non-hydrogen) atoms. The van der Waals surface area contributed by atoms with Crippen molar-refractivity contribution in [1.29, 1.82) is 0 Å². The fourth-order valence-corrected chi connectivity index (χ4v) is 3.25. The van der Waals surface area contributed by atoms with Crippen LogP contribution in [0.3, 0.4) is 0 Å². The second-order valence-corrected chi connectivity index (χ2v) is 6.06. The van der Waals surface area contributed by atoms with Gasteiger partial charge in [0, 0.05) is 17.3 Å². The molecule has 0 aromatic carbocycles. The molecule has 96 valence electrons. The van der Waals surface area contributed by atoms with E-state index < -0.39 is 0 Å². The first-order chi connectivity index (χ1) is 8.67. The van der Waals surface area contributed by atoms with Crippen molar-refractivity contribution >= 4 is 27.3 Å². The molecule has 0 radical (unpaired) electrons. The normalized spacial score (nSPS) is 12.4. The maximum absolute atomic E-state index is 5.64. The van der Waals surface area contributed by atoms with Gasteiger partial charge in [-0.05, 0) is 34.5 Å². The van der Waals surface area contributed by atoms with Gasteiger partial charge in [0.25, 0.3) is 0 Å². The van der Waals surface area contributed by atoms with Gasteiger partial charge in [0.1, 0.15) is 11.7 Å². The number of hydrogen-bond donors (Lipinski definition) is 2. The van der Waals surface area contributed by atoms with Crippen molar-refractivity contribution in [2.24, 2.45) is 5.84 Å². The third kappa shape index (κ3) is 2.54. The average Bonchev–Trinajstić information content (AvgIpc) is 2.71. The number of aromatic nitrogens is 2. The molecule has 1 atom stereocenters. The minimum absolute atomic E-state index is 0.233. The molecule has 0 fully saturated rings. The van der Waals surface area contributed by atoms with E-state index in [1.807, 2.05) is 6.92 Å². The molecule has 0 saturated carbocycles. The molecule has 0 bridgehead atoms. The van der Waals surface area contributed by atoms with E-state index in [0.717, 1.165) is 14.2 Å². The lowest BCUT2D eigenvalue weighted by atomic mass is 10.1. The molecule has 2 rings (SSSR count). The van der Waals surface area contributed by atoms with Gasteiger partial charge in [-0.1, -0.05) is 0 Å². The summed E-state index contributed by atoms with van der Waals surface area (Å²) in [6.07, 6.45) is 3.21. The zero-order valence-corrected chi connectivity index (χ0v) is 12.4. The maximum Gasteiger partial charge on any atom is 0.237 e. The zero-order chi connectivity index (χ0) is 13.1. The van der Waals surface area contributed by atoms with Gasteiger partial charge in [-0.15, -0.1) is 11.3 Å². The van der Waals surface area contributed by atoms with Crippen LogP contribution in [0, 0.1) is 6.92 Å². The summed E-state index contributed by atoms with van der Waals surface area (Å²) in [5.74, 6) is 6.11. The Kier molecular flexibility index (Phi) is 4.28. The molecule has 0 aliphatic rings. The number of methoxy groups -OCH3 is 1. The van der Waals surface area contributed by atoms with Crippen LogP contribution in [0.2, 0.25) is 0 Å². The Morgan fingerprint density at radius 2 is 2.17 bits per heavy atom. The smallest absolute Gasteiger partial charge is 0.237 e. The van der Waals surface area contributed by atoms with Crippen molar-refractivity contribution in [3.63, 3.8) is 0 Å². The van der Waals surface area contributed by atoms with E-state index in [-0.39, 0.29) is 6.04 Å². The zero-order valence-electron chi connectivity index (χ0n) is 9.98. The largest absolute Gasteiger partial charge is 0.480 e. The van der Waals surface area contributed by atoms with E-state index in [1.165, 1.54) is 0 Å². The topological polar surface area (TPSA) is 73.1 Å². The molecule has 0 amide bonds. The molecular weight excluding hydrogens is 316 g/mol. The van der Waals surface area contributed by atoms with Crippen LogP contribution in [0.1, 0.15) is 22.2 Å². The molecule has 2 aromatic heterocycles. The van der Waals surface area contributed by atoms with Crippen LogP contribution in [0.5, 0.6) is 5.88 Å². The van der Waals surface area contributed by atoms with Crippen LogP contribution in [-0.4, -0.2) is 17.1 Å². The lowest BCUT2D eigenvalue weighted by Gasteiger charge is -2.15. The van der Waals surface area contributed by atoms with Gasteiger partial charge in [-0.2, -0.15) is 0 Å². The second-order valence-electron chi connectivity index (χ2n) is 3.66. The van der Waals surface area contributed by atoms with Crippen molar-refractivity contribution in [2.45, 2.75) is 13.0 Å². The monoisotopic (exact) mass is 328 g/mol. The van der Waals surface area contributed by atoms with Crippen molar-refractivity contribution in [1.82, 2.24) is 15.4 Å². The molecule has 5 nitrogen and oxygen atoms in total. The number of hydrogen-bond acceptors (Lipinski definition) is 6. The van der Waals surface area contributed by atoms with Crippen molar-refractivity contribution in [2.75, 3.05) is 7.11 Å². The number of nitrogens with zero attached hydrogens (tertiary/aromatic N) is 2. The van der Waals surface area contributed by atoms with Crippen LogP contribution in [0.15, 0.2) is 22.2 Å². The first kappa shape index (κ1) is 13.4. The number of nitrogens with one attached hydrogen (secondary N) is 1. The van der Waals surface area contributed by atoms with Gasteiger partial charge in [0.15, 0.2) is 0 Å². The first-order valence-corrected chi connectivity index (χ1v) is 6.85. The molecule has 0 saturated heterocycles. The summed E-state index contributed by atoms with van der Waals surface area (Å²) in [6, 6.07) is 1.83. The minimum atomic E-state index is -0.233. The highest BCUT2D eigenvalue weighted by atomic mass is 79.9. The molecule has 1 unspecified atom stereocenters. The van der Waals surface area contributed by atoms with Gasteiger partial charge in [0.2, 0.25) is 5.88 Å². The van der Waals surface area contributed by atoms with Gasteiger partial charge in [0.05, 0.1) is 10.9 Å². The van der Waals surface area contributed by atoms with Crippen LogP contribution < -0.4 is 16.0 Å². The van der Waals surface area contributed by atoms with Crippen molar-refractivity contribution < 1.29 is 4.74 Å². The molecule has 0 spiro atoms. The van der Waals surface area contributed by atoms with Crippen LogP contribution in [0.25, 0.3) is 0 Å². The van der Waals surface area contributed by atoms with Crippen LogP contribution in [0.4, 0.5) is 0 Å². The number of nitrogens with two attached hydrogens (primary N) is 1.